The Hall–Kier alpha value is -1.18. The summed E-state index contributed by atoms with van der Waals surface area (Å²) in [5.41, 5.74) is 6.34. The second-order valence-electron chi connectivity index (χ2n) is 4.27. The number of aliphatic hydroxyl groups excluding tert-OH is 1. The molecule has 0 aliphatic carbocycles. The average molecular weight is 290 g/mol. The lowest BCUT2D eigenvalue weighted by Gasteiger charge is -2.21. The minimum Gasteiger partial charge on any atom is -0.398 e. The second kappa shape index (κ2) is 6.31. The van der Waals surface area contributed by atoms with E-state index in [1.807, 2.05) is 0 Å². The van der Waals surface area contributed by atoms with E-state index in [0.717, 1.165) is 16.4 Å². The summed E-state index contributed by atoms with van der Waals surface area (Å²) in [5, 5.41) is 8.92. The third kappa shape index (κ3) is 3.43. The van der Waals surface area contributed by atoms with Gasteiger partial charge in [0.15, 0.2) is 0 Å². The molecule has 3 N–H and O–H groups in total. The number of halogens is 1. The van der Waals surface area contributed by atoms with Gasteiger partial charge in [-0.05, 0) is 31.0 Å². The van der Waals surface area contributed by atoms with Gasteiger partial charge in [-0.3, -0.25) is 0 Å². The molecule has 0 saturated carbocycles. The molecule has 5 nitrogen and oxygen atoms in total. The molecule has 0 aromatic heterocycles. The molecule has 0 aliphatic heterocycles. The molecule has 0 atom stereocenters. The van der Waals surface area contributed by atoms with Crippen LogP contribution in [0.25, 0.3) is 0 Å². The molecule has 0 unspecified atom stereocenters. The normalized spacial score (nSPS) is 12.1. The maximum Gasteiger partial charge on any atom is 0.246 e. The number of sulfonamides is 1. The molecule has 1 rings (SSSR count). The van der Waals surface area contributed by atoms with Gasteiger partial charge in [0.05, 0.1) is 6.61 Å². The summed E-state index contributed by atoms with van der Waals surface area (Å²) in [7, 11) is -3.98. The Labute approximate surface area is 112 Å². The monoisotopic (exact) mass is 290 g/mol. The molecule has 0 radical (unpaired) electrons. The number of aryl methyl sites for hydroxylation is 1. The van der Waals surface area contributed by atoms with E-state index in [1.54, 1.807) is 13.8 Å². The molecule has 1 aromatic carbocycles. The van der Waals surface area contributed by atoms with Crippen molar-refractivity contribution in [1.82, 2.24) is 4.31 Å². The molecule has 0 amide bonds. The minimum atomic E-state index is -3.98. The van der Waals surface area contributed by atoms with Crippen LogP contribution in [0, 0.1) is 12.7 Å². The summed E-state index contributed by atoms with van der Waals surface area (Å²) in [6, 6.07) is 2.23. The molecule has 7 heteroatoms. The molecular formula is C12H19FN2O3S. The number of rotatable bonds is 6. The van der Waals surface area contributed by atoms with Gasteiger partial charge in [0, 0.05) is 18.8 Å². The van der Waals surface area contributed by atoms with Crippen LogP contribution in [0.3, 0.4) is 0 Å². The quantitative estimate of drug-likeness (QED) is 0.769. The van der Waals surface area contributed by atoms with Crippen molar-refractivity contribution in [3.8, 4) is 0 Å². The summed E-state index contributed by atoms with van der Waals surface area (Å²) in [6.07, 6.45) is 0.572. The number of aliphatic hydroxyl groups is 1. The van der Waals surface area contributed by atoms with E-state index in [2.05, 4.69) is 0 Å². The van der Waals surface area contributed by atoms with E-state index < -0.39 is 20.7 Å². The van der Waals surface area contributed by atoms with Crippen LogP contribution in [0.5, 0.6) is 0 Å². The van der Waals surface area contributed by atoms with E-state index in [0.29, 0.717) is 12.0 Å². The predicted molar refractivity (Wildman–Crippen MR) is 71.7 cm³/mol. The number of nitrogens with zero attached hydrogens (tertiary/aromatic N) is 1. The first-order chi connectivity index (χ1) is 8.84. The Morgan fingerprint density at radius 3 is 2.53 bits per heavy atom. The Balaban J connectivity index is 3.28. The van der Waals surface area contributed by atoms with Gasteiger partial charge in [-0.1, -0.05) is 6.92 Å². The molecule has 0 bridgehead atoms. The van der Waals surface area contributed by atoms with Crippen LogP contribution in [0.15, 0.2) is 17.0 Å². The van der Waals surface area contributed by atoms with Gasteiger partial charge in [-0.15, -0.1) is 0 Å². The van der Waals surface area contributed by atoms with Gasteiger partial charge in [0.2, 0.25) is 10.0 Å². The second-order valence-corrected chi connectivity index (χ2v) is 6.17. The summed E-state index contributed by atoms with van der Waals surface area (Å²) >= 11 is 0. The van der Waals surface area contributed by atoms with Crippen molar-refractivity contribution in [3.05, 3.63) is 23.5 Å². The van der Waals surface area contributed by atoms with E-state index >= 15 is 0 Å². The topological polar surface area (TPSA) is 83.6 Å². The van der Waals surface area contributed by atoms with Crippen molar-refractivity contribution < 1.29 is 17.9 Å². The first kappa shape index (κ1) is 15.9. The summed E-state index contributed by atoms with van der Waals surface area (Å²) < 4.78 is 39.5. The maximum absolute atomic E-state index is 13.8. The van der Waals surface area contributed by atoms with Crippen LogP contribution in [0.4, 0.5) is 10.1 Å². The van der Waals surface area contributed by atoms with Crippen LogP contribution in [-0.2, 0) is 10.0 Å². The van der Waals surface area contributed by atoms with E-state index in [9.17, 15) is 12.8 Å². The first-order valence-electron chi connectivity index (χ1n) is 6.01. The standard InChI is InChI=1S/C12H19FN2O3S/c1-3-4-15(5-6-16)19(17,18)12-8-11(14)9(2)7-10(12)13/h7-8,16H,3-6,14H2,1-2H3. The molecule has 0 fully saturated rings. The van der Waals surface area contributed by atoms with Crippen molar-refractivity contribution in [2.75, 3.05) is 25.4 Å². The Kier molecular flexibility index (Phi) is 5.28. The smallest absolute Gasteiger partial charge is 0.246 e. The number of benzene rings is 1. The lowest BCUT2D eigenvalue weighted by Crippen LogP contribution is -2.34. The van der Waals surface area contributed by atoms with E-state index in [-0.39, 0.29) is 25.4 Å². The zero-order chi connectivity index (χ0) is 14.6. The van der Waals surface area contributed by atoms with Gasteiger partial charge in [-0.25, -0.2) is 12.8 Å². The first-order valence-corrected chi connectivity index (χ1v) is 7.45. The van der Waals surface area contributed by atoms with Crippen LogP contribution in [0.2, 0.25) is 0 Å². The fraction of sp³-hybridized carbons (Fsp3) is 0.500. The molecule has 0 spiro atoms. The Morgan fingerprint density at radius 2 is 2.00 bits per heavy atom. The highest BCUT2D eigenvalue weighted by atomic mass is 32.2. The van der Waals surface area contributed by atoms with Crippen LogP contribution in [-0.4, -0.2) is 37.5 Å². The SMILES string of the molecule is CCCN(CCO)S(=O)(=O)c1cc(N)c(C)cc1F. The predicted octanol–water partition coefficient (Wildman–Crippen LogP) is 1.11. The molecule has 1 aromatic rings. The molecule has 0 saturated heterocycles. The molecule has 19 heavy (non-hydrogen) atoms. The van der Waals surface area contributed by atoms with Gasteiger partial charge in [0.25, 0.3) is 0 Å². The summed E-state index contributed by atoms with van der Waals surface area (Å²) in [5.74, 6) is -0.828. The van der Waals surface area contributed by atoms with Crippen molar-refractivity contribution in [3.63, 3.8) is 0 Å². The number of nitrogen functional groups attached to an aromatic ring is 1. The van der Waals surface area contributed by atoms with Gasteiger partial charge in [-0.2, -0.15) is 4.31 Å². The lowest BCUT2D eigenvalue weighted by atomic mass is 10.2. The zero-order valence-corrected chi connectivity index (χ0v) is 11.9. The average Bonchev–Trinajstić information content (AvgIpc) is 2.33. The number of anilines is 1. The van der Waals surface area contributed by atoms with E-state index in [1.165, 1.54) is 0 Å². The van der Waals surface area contributed by atoms with Crippen LogP contribution < -0.4 is 5.73 Å². The van der Waals surface area contributed by atoms with Gasteiger partial charge < -0.3 is 10.8 Å². The van der Waals surface area contributed by atoms with Crippen molar-refractivity contribution in [1.29, 1.82) is 0 Å². The fourth-order valence-corrected chi connectivity index (χ4v) is 3.32. The van der Waals surface area contributed by atoms with Crippen molar-refractivity contribution in [2.45, 2.75) is 25.2 Å². The largest absolute Gasteiger partial charge is 0.398 e. The Morgan fingerprint density at radius 1 is 1.37 bits per heavy atom. The van der Waals surface area contributed by atoms with Crippen molar-refractivity contribution in [2.24, 2.45) is 0 Å². The third-order valence-electron chi connectivity index (χ3n) is 2.76. The summed E-state index contributed by atoms with van der Waals surface area (Å²) in [4.78, 5) is -0.447. The number of hydrogen-bond donors (Lipinski definition) is 2. The van der Waals surface area contributed by atoms with Crippen molar-refractivity contribution >= 4 is 15.7 Å². The number of nitrogens with two attached hydrogens (primary N) is 1. The van der Waals surface area contributed by atoms with Crippen LogP contribution >= 0.6 is 0 Å². The highest BCUT2D eigenvalue weighted by Crippen LogP contribution is 2.24. The van der Waals surface area contributed by atoms with Crippen LogP contribution in [0.1, 0.15) is 18.9 Å². The third-order valence-corrected chi connectivity index (χ3v) is 4.67. The summed E-state index contributed by atoms with van der Waals surface area (Å²) in [6.45, 7) is 3.24. The highest BCUT2D eigenvalue weighted by Gasteiger charge is 2.27. The highest BCUT2D eigenvalue weighted by molar-refractivity contribution is 7.89. The minimum absolute atomic E-state index is 0.0661. The lowest BCUT2D eigenvalue weighted by molar-refractivity contribution is 0.253. The van der Waals surface area contributed by atoms with Gasteiger partial charge >= 0.3 is 0 Å². The molecule has 0 aliphatic rings. The van der Waals surface area contributed by atoms with E-state index in [4.69, 9.17) is 10.8 Å². The van der Waals surface area contributed by atoms with Gasteiger partial charge in [0.1, 0.15) is 10.7 Å². The Bertz CT molecular complexity index is 540. The number of hydrogen-bond acceptors (Lipinski definition) is 4. The molecule has 108 valence electrons. The molecular weight excluding hydrogens is 271 g/mol. The maximum atomic E-state index is 13.8. The molecule has 0 heterocycles. The fourth-order valence-electron chi connectivity index (χ4n) is 1.72. The zero-order valence-electron chi connectivity index (χ0n) is 11.1.